The van der Waals surface area contributed by atoms with Crippen molar-refractivity contribution in [2.45, 2.75) is 5.33 Å². The maximum absolute atomic E-state index is 5.94. The maximum atomic E-state index is 5.94. The summed E-state index contributed by atoms with van der Waals surface area (Å²) in [5.74, 6) is 0. The lowest BCUT2D eigenvalue weighted by atomic mass is 10.1. The van der Waals surface area contributed by atoms with Gasteiger partial charge in [-0.05, 0) is 33.6 Å². The van der Waals surface area contributed by atoms with E-state index in [9.17, 15) is 0 Å². The van der Waals surface area contributed by atoms with Crippen LogP contribution in [-0.2, 0) is 5.33 Å². The Kier molecular flexibility index (Phi) is 3.10. The average molecular weight is 335 g/mol. The molecule has 72 valence electrons. The number of benzene rings is 1. The molecule has 1 nitrogen and oxygen atoms in total. The number of alkyl halides is 1. The highest BCUT2D eigenvalue weighted by Crippen LogP contribution is 2.25. The Hall–Kier alpha value is -0.120. The van der Waals surface area contributed by atoms with Crippen LogP contribution in [0.15, 0.2) is 28.9 Å². The molecule has 0 N–H and O–H groups in total. The summed E-state index contributed by atoms with van der Waals surface area (Å²) in [7, 11) is 0. The van der Waals surface area contributed by atoms with Crippen LogP contribution in [0, 0.1) is 0 Å². The van der Waals surface area contributed by atoms with Crippen molar-refractivity contribution in [1.29, 1.82) is 0 Å². The minimum absolute atomic E-state index is 0.643. The zero-order chi connectivity index (χ0) is 10.1. The maximum Gasteiger partial charge on any atom is 0.125 e. The van der Waals surface area contributed by atoms with Gasteiger partial charge in [0.25, 0.3) is 0 Å². The van der Waals surface area contributed by atoms with E-state index in [0.717, 1.165) is 16.2 Å². The molecular weight excluding hydrogens is 329 g/mol. The van der Waals surface area contributed by atoms with E-state index in [1.54, 1.807) is 0 Å². The van der Waals surface area contributed by atoms with Crippen LogP contribution in [0.2, 0.25) is 5.02 Å². The molecule has 0 aliphatic carbocycles. The van der Waals surface area contributed by atoms with Crippen LogP contribution >= 0.6 is 43.5 Å². The van der Waals surface area contributed by atoms with E-state index in [4.69, 9.17) is 11.6 Å². The molecule has 0 aliphatic heterocycles. The Morgan fingerprint density at radius 3 is 2.79 bits per heavy atom. The van der Waals surface area contributed by atoms with Crippen LogP contribution < -0.4 is 0 Å². The topological polar surface area (TPSA) is 12.9 Å². The number of hydrogen-bond acceptors (Lipinski definition) is 1. The molecule has 2 aromatic rings. The monoisotopic (exact) mass is 333 g/mol. The number of fused-ring (bicyclic) bond motifs is 1. The van der Waals surface area contributed by atoms with Gasteiger partial charge in [-0.25, -0.2) is 4.98 Å². The summed E-state index contributed by atoms with van der Waals surface area (Å²) >= 11 is 12.7. The van der Waals surface area contributed by atoms with Crippen LogP contribution in [0.4, 0.5) is 0 Å². The fourth-order valence-corrected chi connectivity index (χ4v) is 2.06. The van der Waals surface area contributed by atoms with Crippen LogP contribution in [0.25, 0.3) is 10.9 Å². The minimum atomic E-state index is 0.643. The molecule has 0 unspecified atom stereocenters. The third kappa shape index (κ3) is 1.95. The van der Waals surface area contributed by atoms with E-state index in [1.165, 1.54) is 5.56 Å². The van der Waals surface area contributed by atoms with Crippen molar-refractivity contribution < 1.29 is 0 Å². The first-order valence-corrected chi connectivity index (χ1v) is 6.30. The number of rotatable bonds is 1. The average Bonchev–Trinajstić information content (AvgIpc) is 2.19. The Labute approximate surface area is 104 Å². The van der Waals surface area contributed by atoms with Crippen molar-refractivity contribution in [3.05, 3.63) is 39.5 Å². The van der Waals surface area contributed by atoms with Crippen molar-refractivity contribution in [2.24, 2.45) is 0 Å². The van der Waals surface area contributed by atoms with Crippen LogP contribution in [0.5, 0.6) is 0 Å². The number of halogens is 3. The SMILES string of the molecule is Clc1cc2ccc(CBr)cc2nc1Br. The molecule has 1 aromatic carbocycles. The first kappa shape index (κ1) is 10.4. The molecule has 1 aromatic heterocycles. The third-order valence-corrected chi connectivity index (χ3v) is 3.72. The fraction of sp³-hybridized carbons (Fsp3) is 0.100. The van der Waals surface area contributed by atoms with Crippen molar-refractivity contribution in [3.8, 4) is 0 Å². The molecular formula is C10H6Br2ClN. The van der Waals surface area contributed by atoms with Crippen molar-refractivity contribution in [2.75, 3.05) is 0 Å². The van der Waals surface area contributed by atoms with E-state index in [0.29, 0.717) is 9.63 Å². The van der Waals surface area contributed by atoms with Gasteiger partial charge in [0.2, 0.25) is 0 Å². The molecule has 0 fully saturated rings. The Morgan fingerprint density at radius 1 is 1.29 bits per heavy atom. The van der Waals surface area contributed by atoms with Gasteiger partial charge in [-0.3, -0.25) is 0 Å². The van der Waals surface area contributed by atoms with Gasteiger partial charge in [0, 0.05) is 10.7 Å². The second-order valence-corrected chi connectivity index (χ2v) is 4.64. The molecule has 0 saturated heterocycles. The Morgan fingerprint density at radius 2 is 2.07 bits per heavy atom. The lowest BCUT2D eigenvalue weighted by Gasteiger charge is -2.02. The van der Waals surface area contributed by atoms with E-state index < -0.39 is 0 Å². The Bertz CT molecular complexity index is 485. The molecule has 0 radical (unpaired) electrons. The number of pyridine rings is 1. The van der Waals surface area contributed by atoms with Gasteiger partial charge < -0.3 is 0 Å². The summed E-state index contributed by atoms with van der Waals surface area (Å²) in [6.45, 7) is 0. The minimum Gasteiger partial charge on any atom is -0.239 e. The van der Waals surface area contributed by atoms with Gasteiger partial charge in [0.05, 0.1) is 10.5 Å². The molecule has 0 bridgehead atoms. The molecule has 0 atom stereocenters. The molecule has 0 saturated carbocycles. The summed E-state index contributed by atoms with van der Waals surface area (Å²) in [6.07, 6.45) is 0. The van der Waals surface area contributed by atoms with E-state index in [1.807, 2.05) is 18.2 Å². The highest BCUT2D eigenvalue weighted by molar-refractivity contribution is 9.10. The standard InChI is InChI=1S/C10H6Br2ClN/c11-5-6-1-2-7-4-8(13)10(12)14-9(7)3-6/h1-4H,5H2. The number of hydrogen-bond donors (Lipinski definition) is 0. The first-order valence-electron chi connectivity index (χ1n) is 4.01. The van der Waals surface area contributed by atoms with Crippen molar-refractivity contribution in [3.63, 3.8) is 0 Å². The van der Waals surface area contributed by atoms with Gasteiger partial charge in [0.1, 0.15) is 4.60 Å². The zero-order valence-corrected chi connectivity index (χ0v) is 11.0. The second kappa shape index (κ2) is 4.17. The van der Waals surface area contributed by atoms with Crippen LogP contribution in [-0.4, -0.2) is 4.98 Å². The van der Waals surface area contributed by atoms with Gasteiger partial charge >= 0.3 is 0 Å². The number of nitrogens with zero attached hydrogens (tertiary/aromatic N) is 1. The van der Waals surface area contributed by atoms with Gasteiger partial charge in [0.15, 0.2) is 0 Å². The quantitative estimate of drug-likeness (QED) is 0.550. The zero-order valence-electron chi connectivity index (χ0n) is 7.10. The second-order valence-electron chi connectivity index (χ2n) is 2.92. The van der Waals surface area contributed by atoms with Gasteiger partial charge in [-0.1, -0.05) is 39.7 Å². The summed E-state index contributed by atoms with van der Waals surface area (Å²) < 4.78 is 0.693. The highest BCUT2D eigenvalue weighted by Gasteiger charge is 2.02. The molecule has 0 amide bonds. The molecule has 0 aliphatic rings. The summed E-state index contributed by atoms with van der Waals surface area (Å²) in [5, 5.41) is 2.54. The predicted octanol–water partition coefficient (Wildman–Crippen LogP) is 4.55. The van der Waals surface area contributed by atoms with E-state index in [2.05, 4.69) is 42.9 Å². The Balaban J connectivity index is 2.70. The fourth-order valence-electron chi connectivity index (χ4n) is 1.25. The van der Waals surface area contributed by atoms with Crippen molar-refractivity contribution >= 4 is 54.4 Å². The smallest absolute Gasteiger partial charge is 0.125 e. The first-order chi connectivity index (χ1) is 6.70. The molecule has 4 heteroatoms. The van der Waals surface area contributed by atoms with Gasteiger partial charge in [-0.15, -0.1) is 0 Å². The van der Waals surface area contributed by atoms with Gasteiger partial charge in [-0.2, -0.15) is 0 Å². The normalized spacial score (nSPS) is 10.8. The predicted molar refractivity (Wildman–Crippen MR) is 67.1 cm³/mol. The molecule has 1 heterocycles. The van der Waals surface area contributed by atoms with E-state index >= 15 is 0 Å². The van der Waals surface area contributed by atoms with E-state index in [-0.39, 0.29) is 0 Å². The van der Waals surface area contributed by atoms with Crippen molar-refractivity contribution in [1.82, 2.24) is 4.98 Å². The largest absolute Gasteiger partial charge is 0.239 e. The van der Waals surface area contributed by atoms with Crippen LogP contribution in [0.1, 0.15) is 5.56 Å². The van der Waals surface area contributed by atoms with Crippen LogP contribution in [0.3, 0.4) is 0 Å². The number of aromatic nitrogens is 1. The lowest BCUT2D eigenvalue weighted by molar-refractivity contribution is 1.33. The highest BCUT2D eigenvalue weighted by atomic mass is 79.9. The summed E-state index contributed by atoms with van der Waals surface area (Å²) in [4.78, 5) is 4.35. The molecule has 2 rings (SSSR count). The molecule has 14 heavy (non-hydrogen) atoms. The molecule has 0 spiro atoms. The summed E-state index contributed by atoms with van der Waals surface area (Å²) in [5.41, 5.74) is 2.16. The summed E-state index contributed by atoms with van der Waals surface area (Å²) in [6, 6.07) is 8.04. The third-order valence-electron chi connectivity index (χ3n) is 1.95. The lowest BCUT2D eigenvalue weighted by Crippen LogP contribution is -1.84.